The van der Waals surface area contributed by atoms with Crippen LogP contribution in [0, 0.1) is 11.3 Å². The van der Waals surface area contributed by atoms with E-state index in [9.17, 15) is 27.9 Å². The first-order chi connectivity index (χ1) is 17.0. The number of phenolic OH excluding ortho intramolecular Hbond substituents is 1. The van der Waals surface area contributed by atoms with Crippen LogP contribution in [-0.2, 0) is 35.6 Å². The highest BCUT2D eigenvalue weighted by Gasteiger charge is 2.20. The molecule has 192 valence electrons. The molecule has 0 aliphatic heterocycles. The van der Waals surface area contributed by atoms with E-state index in [0.29, 0.717) is 11.3 Å². The van der Waals surface area contributed by atoms with Gasteiger partial charge in [0, 0.05) is 12.2 Å². The number of nitrogens with one attached hydrogen (secondary N) is 3. The minimum Gasteiger partial charge on any atom is -0.507 e. The summed E-state index contributed by atoms with van der Waals surface area (Å²) in [6, 6.07) is 10.5. The van der Waals surface area contributed by atoms with Crippen LogP contribution in [0.4, 0.5) is 5.69 Å². The maximum Gasteiger partial charge on any atom is 0.325 e. The summed E-state index contributed by atoms with van der Waals surface area (Å²) in [7, 11) is -4.13. The number of phenols is 1. The minimum atomic E-state index is -4.13. The van der Waals surface area contributed by atoms with Crippen LogP contribution in [0.3, 0.4) is 0 Å². The number of nitriles is 1. The quantitative estimate of drug-likeness (QED) is 0.271. The first-order valence-corrected chi connectivity index (χ1v) is 12.6. The third-order valence-corrected chi connectivity index (χ3v) is 6.51. The zero-order chi connectivity index (χ0) is 26.9. The number of carbonyl (C=O) groups is 3. The van der Waals surface area contributed by atoms with E-state index in [2.05, 4.69) is 15.4 Å². The van der Waals surface area contributed by atoms with Crippen LogP contribution < -0.4 is 15.4 Å². The summed E-state index contributed by atoms with van der Waals surface area (Å²) in [5.74, 6) is -3.09. The highest BCUT2D eigenvalue weighted by Crippen LogP contribution is 2.25. The summed E-state index contributed by atoms with van der Waals surface area (Å²) >= 11 is 0. The summed E-state index contributed by atoms with van der Waals surface area (Å²) in [4.78, 5) is 35.5. The standard InChI is InChI=1S/C24H28N4O7S/c1-4-35-22(30)14-26-23(31)24(32)28-19-12-18(15(2)3)7-6-17(19)9-10-27-36(33,34)21-11-16(13-25)5-8-20(21)29/h5-8,11-12,15,27,29H,4,9-10,14H2,1-3H3,(H,26,31)(H,28,32). The Balaban J connectivity index is 2.15. The molecule has 36 heavy (non-hydrogen) atoms. The van der Waals surface area contributed by atoms with Crippen LogP contribution in [0.5, 0.6) is 5.75 Å². The van der Waals surface area contributed by atoms with E-state index in [1.807, 2.05) is 26.0 Å². The Labute approximate surface area is 209 Å². The number of carbonyl (C=O) groups excluding carboxylic acids is 3. The SMILES string of the molecule is CCOC(=O)CNC(=O)C(=O)Nc1cc(C(C)C)ccc1CCNS(=O)(=O)c1cc(C#N)ccc1O. The van der Waals surface area contributed by atoms with E-state index in [0.717, 1.165) is 17.7 Å². The van der Waals surface area contributed by atoms with Crippen molar-refractivity contribution in [2.75, 3.05) is 25.0 Å². The number of aromatic hydroxyl groups is 1. The van der Waals surface area contributed by atoms with Gasteiger partial charge >= 0.3 is 17.8 Å². The largest absolute Gasteiger partial charge is 0.507 e. The fraction of sp³-hybridized carbons (Fsp3) is 0.333. The number of nitrogens with zero attached hydrogens (tertiary/aromatic N) is 1. The van der Waals surface area contributed by atoms with Crippen molar-refractivity contribution in [1.82, 2.24) is 10.0 Å². The van der Waals surface area contributed by atoms with Crippen molar-refractivity contribution in [3.8, 4) is 11.8 Å². The number of benzene rings is 2. The minimum absolute atomic E-state index is 0.0729. The van der Waals surface area contributed by atoms with Gasteiger partial charge in [-0.25, -0.2) is 13.1 Å². The van der Waals surface area contributed by atoms with E-state index in [1.54, 1.807) is 19.1 Å². The molecular weight excluding hydrogens is 488 g/mol. The van der Waals surface area contributed by atoms with E-state index in [-0.39, 0.29) is 31.1 Å². The molecule has 0 aromatic heterocycles. The summed E-state index contributed by atoms with van der Waals surface area (Å²) in [6.45, 7) is 5.09. The van der Waals surface area contributed by atoms with Gasteiger partial charge < -0.3 is 20.5 Å². The number of esters is 1. The van der Waals surface area contributed by atoms with Crippen molar-refractivity contribution < 1.29 is 32.6 Å². The monoisotopic (exact) mass is 516 g/mol. The molecule has 0 aliphatic carbocycles. The Kier molecular flexibility index (Phi) is 9.95. The average molecular weight is 517 g/mol. The van der Waals surface area contributed by atoms with Crippen LogP contribution in [0.15, 0.2) is 41.3 Å². The summed E-state index contributed by atoms with van der Waals surface area (Å²) < 4.78 is 32.3. The molecule has 2 rings (SSSR count). The van der Waals surface area contributed by atoms with Gasteiger partial charge in [0.15, 0.2) is 0 Å². The zero-order valence-corrected chi connectivity index (χ0v) is 20.9. The second-order valence-electron chi connectivity index (χ2n) is 7.96. The fourth-order valence-electron chi connectivity index (χ4n) is 3.11. The summed E-state index contributed by atoms with van der Waals surface area (Å²) in [5.41, 5.74) is 1.80. The molecule has 0 radical (unpaired) electrons. The maximum absolute atomic E-state index is 12.6. The Morgan fingerprint density at radius 1 is 1.11 bits per heavy atom. The molecule has 2 aromatic rings. The number of hydrogen-bond donors (Lipinski definition) is 4. The first kappa shape index (κ1) is 28.3. The third kappa shape index (κ3) is 7.79. The predicted octanol–water partition coefficient (Wildman–Crippen LogP) is 1.53. The molecule has 0 heterocycles. The van der Waals surface area contributed by atoms with Crippen LogP contribution in [-0.4, -0.2) is 51.0 Å². The first-order valence-electron chi connectivity index (χ1n) is 11.1. The lowest BCUT2D eigenvalue weighted by atomic mass is 9.99. The van der Waals surface area contributed by atoms with Gasteiger partial charge in [-0.3, -0.25) is 14.4 Å². The lowest BCUT2D eigenvalue weighted by molar-refractivity contribution is -0.144. The van der Waals surface area contributed by atoms with Crippen molar-refractivity contribution >= 4 is 33.5 Å². The summed E-state index contributed by atoms with van der Waals surface area (Å²) in [5, 5.41) is 23.6. The summed E-state index contributed by atoms with van der Waals surface area (Å²) in [6.07, 6.45) is 0.135. The predicted molar refractivity (Wildman–Crippen MR) is 131 cm³/mol. The molecule has 0 saturated carbocycles. The lowest BCUT2D eigenvalue weighted by Gasteiger charge is -2.15. The molecule has 2 amide bonds. The van der Waals surface area contributed by atoms with Gasteiger partial charge in [0.2, 0.25) is 10.0 Å². The molecule has 0 saturated heterocycles. The fourth-order valence-corrected chi connectivity index (χ4v) is 4.26. The van der Waals surface area contributed by atoms with Crippen LogP contribution in [0.2, 0.25) is 0 Å². The number of anilines is 1. The highest BCUT2D eigenvalue weighted by molar-refractivity contribution is 7.89. The Hall–Kier alpha value is -3.95. The van der Waals surface area contributed by atoms with Crippen molar-refractivity contribution in [3.63, 3.8) is 0 Å². The van der Waals surface area contributed by atoms with Crippen molar-refractivity contribution in [3.05, 3.63) is 53.1 Å². The smallest absolute Gasteiger partial charge is 0.325 e. The number of amides is 2. The molecule has 0 unspecified atom stereocenters. The number of hydrogen-bond acceptors (Lipinski definition) is 8. The maximum atomic E-state index is 12.6. The van der Waals surface area contributed by atoms with Crippen LogP contribution >= 0.6 is 0 Å². The number of sulfonamides is 1. The molecule has 4 N–H and O–H groups in total. The van der Waals surface area contributed by atoms with E-state index in [4.69, 9.17) is 10.00 Å². The molecule has 0 bridgehead atoms. The number of ether oxygens (including phenoxy) is 1. The van der Waals surface area contributed by atoms with Crippen molar-refractivity contribution in [2.24, 2.45) is 0 Å². The average Bonchev–Trinajstić information content (AvgIpc) is 2.83. The molecular formula is C24H28N4O7S. The van der Waals surface area contributed by atoms with Crippen molar-refractivity contribution in [1.29, 1.82) is 5.26 Å². The van der Waals surface area contributed by atoms with E-state index >= 15 is 0 Å². The van der Waals surface area contributed by atoms with Gasteiger partial charge in [-0.1, -0.05) is 26.0 Å². The van der Waals surface area contributed by atoms with Gasteiger partial charge in [0.25, 0.3) is 0 Å². The molecule has 11 nitrogen and oxygen atoms in total. The highest BCUT2D eigenvalue weighted by atomic mass is 32.2. The van der Waals surface area contributed by atoms with Gasteiger partial charge in [0.05, 0.1) is 18.2 Å². The second kappa shape index (κ2) is 12.7. The number of rotatable bonds is 10. The van der Waals surface area contributed by atoms with Gasteiger partial charge in [-0.05, 0) is 54.7 Å². The van der Waals surface area contributed by atoms with E-state index < -0.39 is 45.0 Å². The molecule has 2 aromatic carbocycles. The van der Waals surface area contributed by atoms with Gasteiger partial charge in [0.1, 0.15) is 17.2 Å². The molecule has 0 atom stereocenters. The van der Waals surface area contributed by atoms with Gasteiger partial charge in [-0.15, -0.1) is 0 Å². The Morgan fingerprint density at radius 3 is 2.47 bits per heavy atom. The molecule has 0 fully saturated rings. The van der Waals surface area contributed by atoms with Crippen LogP contribution in [0.1, 0.15) is 43.4 Å². The normalized spacial score (nSPS) is 11.0. The Morgan fingerprint density at radius 2 is 1.83 bits per heavy atom. The Bertz CT molecular complexity index is 1280. The molecule has 0 spiro atoms. The van der Waals surface area contributed by atoms with E-state index in [1.165, 1.54) is 6.07 Å². The third-order valence-electron chi connectivity index (χ3n) is 5.02. The van der Waals surface area contributed by atoms with Gasteiger partial charge in [-0.2, -0.15) is 5.26 Å². The lowest BCUT2D eigenvalue weighted by Crippen LogP contribution is -2.39. The van der Waals surface area contributed by atoms with Crippen molar-refractivity contribution in [2.45, 2.75) is 38.0 Å². The topological polar surface area (TPSA) is 175 Å². The zero-order valence-electron chi connectivity index (χ0n) is 20.1. The second-order valence-corrected chi connectivity index (χ2v) is 9.69. The van der Waals surface area contributed by atoms with Crippen LogP contribution in [0.25, 0.3) is 0 Å². The molecule has 0 aliphatic rings. The molecule has 12 heteroatoms.